The van der Waals surface area contributed by atoms with Crippen molar-refractivity contribution >= 4 is 0 Å². The molecule has 0 amide bonds. The molecule has 1 unspecified atom stereocenters. The average Bonchev–Trinajstić information content (AvgIpc) is 2.92. The number of benzene rings is 1. The van der Waals surface area contributed by atoms with Gasteiger partial charge < -0.3 is 14.8 Å². The summed E-state index contributed by atoms with van der Waals surface area (Å²) in [5.41, 5.74) is 2.48. The molecule has 1 fully saturated rings. The Labute approximate surface area is 122 Å². The first kappa shape index (κ1) is 15.2. The highest BCUT2D eigenvalue weighted by Crippen LogP contribution is 2.32. The standard InChI is InChI=1S/C17H27NO2/c1-12(2)8-13-10-17(20-4)14(11-16(13)19-3)9-15-6-5-7-18-15/h10-12,15,18H,5-9H2,1-4H3. The third-order valence-electron chi connectivity index (χ3n) is 3.94. The molecule has 0 spiro atoms. The zero-order valence-electron chi connectivity index (χ0n) is 13.2. The largest absolute Gasteiger partial charge is 0.496 e. The Kier molecular flexibility index (Phi) is 5.30. The van der Waals surface area contributed by atoms with Crippen LogP contribution in [0.2, 0.25) is 0 Å². The van der Waals surface area contributed by atoms with E-state index in [9.17, 15) is 0 Å². The monoisotopic (exact) mass is 277 g/mol. The van der Waals surface area contributed by atoms with Crippen molar-refractivity contribution in [1.82, 2.24) is 5.32 Å². The van der Waals surface area contributed by atoms with Crippen molar-refractivity contribution < 1.29 is 9.47 Å². The molecular formula is C17H27NO2. The van der Waals surface area contributed by atoms with E-state index >= 15 is 0 Å². The van der Waals surface area contributed by atoms with Gasteiger partial charge in [-0.25, -0.2) is 0 Å². The average molecular weight is 277 g/mol. The lowest BCUT2D eigenvalue weighted by Gasteiger charge is -2.18. The van der Waals surface area contributed by atoms with E-state index < -0.39 is 0 Å². The van der Waals surface area contributed by atoms with E-state index in [4.69, 9.17) is 9.47 Å². The second-order valence-electron chi connectivity index (χ2n) is 6.07. The Morgan fingerprint density at radius 2 is 1.80 bits per heavy atom. The number of rotatable bonds is 6. The fourth-order valence-electron chi connectivity index (χ4n) is 2.98. The Balaban J connectivity index is 2.25. The van der Waals surface area contributed by atoms with Crippen molar-refractivity contribution in [3.8, 4) is 11.5 Å². The van der Waals surface area contributed by atoms with Gasteiger partial charge in [-0.3, -0.25) is 0 Å². The molecule has 20 heavy (non-hydrogen) atoms. The lowest BCUT2D eigenvalue weighted by atomic mass is 9.97. The molecule has 0 aliphatic carbocycles. The van der Waals surface area contributed by atoms with E-state index in [1.807, 2.05) is 0 Å². The maximum atomic E-state index is 5.59. The summed E-state index contributed by atoms with van der Waals surface area (Å²) in [4.78, 5) is 0. The molecule has 1 aromatic rings. The minimum absolute atomic E-state index is 0.574. The fraction of sp³-hybridized carbons (Fsp3) is 0.647. The maximum absolute atomic E-state index is 5.59. The van der Waals surface area contributed by atoms with Gasteiger partial charge in [-0.15, -0.1) is 0 Å². The van der Waals surface area contributed by atoms with Gasteiger partial charge >= 0.3 is 0 Å². The zero-order chi connectivity index (χ0) is 14.5. The van der Waals surface area contributed by atoms with Crippen LogP contribution in [0.3, 0.4) is 0 Å². The number of hydrogen-bond donors (Lipinski definition) is 1. The van der Waals surface area contributed by atoms with Crippen molar-refractivity contribution in [2.24, 2.45) is 5.92 Å². The molecule has 1 N–H and O–H groups in total. The van der Waals surface area contributed by atoms with Crippen molar-refractivity contribution in [2.45, 2.75) is 45.6 Å². The summed E-state index contributed by atoms with van der Waals surface area (Å²) in [5, 5.41) is 3.54. The van der Waals surface area contributed by atoms with Crippen LogP contribution in [0, 0.1) is 5.92 Å². The summed E-state index contributed by atoms with van der Waals surface area (Å²) in [6.07, 6.45) is 4.55. The van der Waals surface area contributed by atoms with Gasteiger partial charge in [-0.2, -0.15) is 0 Å². The quantitative estimate of drug-likeness (QED) is 0.866. The predicted molar refractivity (Wildman–Crippen MR) is 82.8 cm³/mol. The Hall–Kier alpha value is -1.22. The van der Waals surface area contributed by atoms with Gasteiger partial charge in [0.15, 0.2) is 0 Å². The van der Waals surface area contributed by atoms with E-state index in [0.717, 1.165) is 30.9 Å². The van der Waals surface area contributed by atoms with E-state index in [1.165, 1.54) is 24.0 Å². The molecule has 1 aliphatic rings. The molecule has 1 aliphatic heterocycles. The third kappa shape index (κ3) is 3.66. The molecule has 0 radical (unpaired) electrons. The summed E-state index contributed by atoms with van der Waals surface area (Å²) < 4.78 is 11.2. The SMILES string of the molecule is COc1cc(CC2CCCN2)c(OC)cc1CC(C)C. The molecule has 112 valence electrons. The van der Waals surface area contributed by atoms with E-state index in [-0.39, 0.29) is 0 Å². The van der Waals surface area contributed by atoms with Crippen LogP contribution < -0.4 is 14.8 Å². The number of nitrogens with one attached hydrogen (secondary N) is 1. The van der Waals surface area contributed by atoms with Crippen LogP contribution in [0.15, 0.2) is 12.1 Å². The Morgan fingerprint density at radius 3 is 2.35 bits per heavy atom. The van der Waals surface area contributed by atoms with Crippen molar-refractivity contribution in [2.75, 3.05) is 20.8 Å². The lowest BCUT2D eigenvalue weighted by Crippen LogP contribution is -2.23. The molecule has 1 aromatic carbocycles. The summed E-state index contributed by atoms with van der Waals surface area (Å²) in [5.74, 6) is 2.60. The minimum Gasteiger partial charge on any atom is -0.496 e. The molecule has 1 atom stereocenters. The number of hydrogen-bond acceptors (Lipinski definition) is 3. The van der Waals surface area contributed by atoms with E-state index in [2.05, 4.69) is 31.3 Å². The molecule has 0 saturated carbocycles. The van der Waals surface area contributed by atoms with Gasteiger partial charge in [0.05, 0.1) is 14.2 Å². The van der Waals surface area contributed by atoms with Crippen LogP contribution in [0.4, 0.5) is 0 Å². The first-order chi connectivity index (χ1) is 9.63. The van der Waals surface area contributed by atoms with Gasteiger partial charge in [-0.05, 0) is 61.4 Å². The highest BCUT2D eigenvalue weighted by molar-refractivity contribution is 5.47. The van der Waals surface area contributed by atoms with Crippen molar-refractivity contribution in [3.05, 3.63) is 23.3 Å². The summed E-state index contributed by atoms with van der Waals surface area (Å²) in [6.45, 7) is 5.58. The van der Waals surface area contributed by atoms with Crippen LogP contribution >= 0.6 is 0 Å². The predicted octanol–water partition coefficient (Wildman–Crippen LogP) is 3.20. The number of methoxy groups -OCH3 is 2. The molecule has 2 rings (SSSR count). The summed E-state index contributed by atoms with van der Waals surface area (Å²) >= 11 is 0. The highest BCUT2D eigenvalue weighted by Gasteiger charge is 2.19. The maximum Gasteiger partial charge on any atom is 0.122 e. The van der Waals surface area contributed by atoms with Gasteiger partial charge in [0.1, 0.15) is 11.5 Å². The molecule has 3 nitrogen and oxygen atoms in total. The van der Waals surface area contributed by atoms with Crippen LogP contribution in [0.5, 0.6) is 11.5 Å². The van der Waals surface area contributed by atoms with Gasteiger partial charge in [0, 0.05) is 6.04 Å². The third-order valence-corrected chi connectivity index (χ3v) is 3.94. The lowest BCUT2D eigenvalue weighted by molar-refractivity contribution is 0.390. The van der Waals surface area contributed by atoms with Crippen LogP contribution in [-0.2, 0) is 12.8 Å². The van der Waals surface area contributed by atoms with Gasteiger partial charge in [0.2, 0.25) is 0 Å². The zero-order valence-corrected chi connectivity index (χ0v) is 13.2. The first-order valence-electron chi connectivity index (χ1n) is 7.61. The highest BCUT2D eigenvalue weighted by atomic mass is 16.5. The van der Waals surface area contributed by atoms with Gasteiger partial charge in [0.25, 0.3) is 0 Å². The van der Waals surface area contributed by atoms with Crippen molar-refractivity contribution in [3.63, 3.8) is 0 Å². The molecule has 1 heterocycles. The molecule has 0 aromatic heterocycles. The number of ether oxygens (including phenoxy) is 2. The smallest absolute Gasteiger partial charge is 0.122 e. The van der Waals surface area contributed by atoms with Crippen LogP contribution in [0.25, 0.3) is 0 Å². The first-order valence-corrected chi connectivity index (χ1v) is 7.61. The van der Waals surface area contributed by atoms with Crippen LogP contribution in [0.1, 0.15) is 37.8 Å². The van der Waals surface area contributed by atoms with Crippen LogP contribution in [-0.4, -0.2) is 26.8 Å². The topological polar surface area (TPSA) is 30.5 Å². The minimum atomic E-state index is 0.574. The summed E-state index contributed by atoms with van der Waals surface area (Å²) in [7, 11) is 3.51. The molecule has 1 saturated heterocycles. The fourth-order valence-corrected chi connectivity index (χ4v) is 2.98. The molecular weight excluding hydrogens is 250 g/mol. The summed E-state index contributed by atoms with van der Waals surface area (Å²) in [6, 6.07) is 4.89. The normalized spacial score (nSPS) is 18.6. The molecule has 0 bridgehead atoms. The Morgan fingerprint density at radius 1 is 1.15 bits per heavy atom. The second-order valence-corrected chi connectivity index (χ2v) is 6.07. The van der Waals surface area contributed by atoms with Crippen molar-refractivity contribution in [1.29, 1.82) is 0 Å². The second kappa shape index (κ2) is 6.98. The van der Waals surface area contributed by atoms with Gasteiger partial charge in [-0.1, -0.05) is 13.8 Å². The van der Waals surface area contributed by atoms with E-state index in [1.54, 1.807) is 14.2 Å². The molecule has 3 heteroatoms. The Bertz CT molecular complexity index is 437. The van der Waals surface area contributed by atoms with E-state index in [0.29, 0.717) is 12.0 Å².